The molecule has 146 valence electrons. The maximum Gasteiger partial charge on any atom is 0.0594 e. The van der Waals surface area contributed by atoms with Crippen molar-refractivity contribution in [3.8, 4) is 0 Å². The van der Waals surface area contributed by atoms with Gasteiger partial charge in [0.05, 0.1) is 13.2 Å². The Morgan fingerprint density at radius 3 is 2.27 bits per heavy atom. The van der Waals surface area contributed by atoms with Crippen molar-refractivity contribution in [2.45, 2.75) is 44.3 Å². The maximum absolute atomic E-state index is 5.46. The van der Waals surface area contributed by atoms with Crippen LogP contribution in [-0.4, -0.2) is 79.3 Å². The van der Waals surface area contributed by atoms with Crippen molar-refractivity contribution in [3.05, 3.63) is 35.9 Å². The zero-order chi connectivity index (χ0) is 16.9. The molecule has 26 heavy (non-hydrogen) atoms. The minimum absolute atomic E-state index is 0. The molecule has 2 unspecified atom stereocenters. The topological polar surface area (TPSA) is 19.0 Å². The number of halogens is 1. The highest BCUT2D eigenvalue weighted by molar-refractivity contribution is 5.85. The molecule has 3 aliphatic rings. The average Bonchev–Trinajstić information content (AvgIpc) is 2.64. The Kier molecular flexibility index (Phi) is 7.77. The van der Waals surface area contributed by atoms with Gasteiger partial charge in [0.1, 0.15) is 0 Å². The van der Waals surface area contributed by atoms with Crippen molar-refractivity contribution in [2.24, 2.45) is 0 Å². The average molecular weight is 380 g/mol. The summed E-state index contributed by atoms with van der Waals surface area (Å²) in [5.41, 5.74) is 1.46. The van der Waals surface area contributed by atoms with Crippen molar-refractivity contribution < 1.29 is 4.74 Å². The third-order valence-corrected chi connectivity index (χ3v) is 6.19. The number of rotatable bonds is 6. The number of benzene rings is 1. The van der Waals surface area contributed by atoms with Gasteiger partial charge in [0.15, 0.2) is 0 Å². The lowest BCUT2D eigenvalue weighted by Crippen LogP contribution is -2.60. The van der Waals surface area contributed by atoms with E-state index in [9.17, 15) is 0 Å². The molecule has 3 saturated heterocycles. The first-order chi connectivity index (χ1) is 12.4. The number of nitrogens with zero attached hydrogens (tertiary/aromatic N) is 3. The summed E-state index contributed by atoms with van der Waals surface area (Å²) in [6, 6.07) is 12.5. The van der Waals surface area contributed by atoms with Crippen LogP contribution in [0.25, 0.3) is 0 Å². The van der Waals surface area contributed by atoms with E-state index in [4.69, 9.17) is 4.74 Å². The minimum Gasteiger partial charge on any atom is -0.379 e. The number of hydrogen-bond acceptors (Lipinski definition) is 4. The number of piperidine rings is 1. The second-order valence-corrected chi connectivity index (χ2v) is 7.96. The fraction of sp³-hybridized carbons (Fsp3) is 0.714. The Bertz CT molecular complexity index is 509. The van der Waals surface area contributed by atoms with E-state index >= 15 is 0 Å². The van der Waals surface area contributed by atoms with E-state index in [1.165, 1.54) is 57.4 Å². The first kappa shape index (κ1) is 20.1. The fourth-order valence-corrected chi connectivity index (χ4v) is 4.92. The maximum atomic E-state index is 5.46. The smallest absolute Gasteiger partial charge is 0.0594 e. The number of fused-ring (bicyclic) bond motifs is 2. The quantitative estimate of drug-likeness (QED) is 0.756. The second-order valence-electron chi connectivity index (χ2n) is 7.96. The van der Waals surface area contributed by atoms with Crippen LogP contribution in [0.15, 0.2) is 30.3 Å². The molecule has 4 rings (SSSR count). The molecular weight excluding hydrogens is 346 g/mol. The molecule has 2 atom stereocenters. The Labute approximate surface area is 164 Å². The van der Waals surface area contributed by atoms with Gasteiger partial charge < -0.3 is 4.74 Å². The molecule has 0 saturated carbocycles. The van der Waals surface area contributed by atoms with Gasteiger partial charge >= 0.3 is 0 Å². The molecule has 3 aliphatic heterocycles. The van der Waals surface area contributed by atoms with Crippen molar-refractivity contribution in [1.82, 2.24) is 14.7 Å². The molecular formula is C21H34ClN3O. The summed E-state index contributed by atoms with van der Waals surface area (Å²) in [5, 5.41) is 0. The van der Waals surface area contributed by atoms with E-state index in [2.05, 4.69) is 45.0 Å². The molecule has 5 heteroatoms. The lowest BCUT2D eigenvalue weighted by molar-refractivity contribution is -0.0166. The van der Waals surface area contributed by atoms with Crippen molar-refractivity contribution in [2.75, 3.05) is 52.5 Å². The number of ether oxygens (including phenoxy) is 1. The summed E-state index contributed by atoms with van der Waals surface area (Å²) in [5.74, 6) is 0. The fourth-order valence-electron chi connectivity index (χ4n) is 4.92. The SMILES string of the molecule is Cl.c1ccc(CN2CC3CCCC(C2)N3CCCN2CCOCC2)cc1. The van der Waals surface area contributed by atoms with Crippen molar-refractivity contribution in [3.63, 3.8) is 0 Å². The second kappa shape index (κ2) is 10.0. The van der Waals surface area contributed by atoms with Gasteiger partial charge in [-0.1, -0.05) is 36.8 Å². The van der Waals surface area contributed by atoms with E-state index in [1.54, 1.807) is 0 Å². The largest absolute Gasteiger partial charge is 0.379 e. The van der Waals surface area contributed by atoms with Crippen LogP contribution in [0, 0.1) is 0 Å². The molecule has 0 spiro atoms. The summed E-state index contributed by atoms with van der Waals surface area (Å²) in [6.45, 7) is 10.2. The molecule has 0 aromatic heterocycles. The third kappa shape index (κ3) is 5.20. The summed E-state index contributed by atoms with van der Waals surface area (Å²) in [7, 11) is 0. The van der Waals surface area contributed by atoms with Crippen LogP contribution in [0.5, 0.6) is 0 Å². The zero-order valence-electron chi connectivity index (χ0n) is 15.9. The first-order valence-electron chi connectivity index (χ1n) is 10.2. The first-order valence-corrected chi connectivity index (χ1v) is 10.2. The van der Waals surface area contributed by atoms with Crippen LogP contribution < -0.4 is 0 Å². The van der Waals surface area contributed by atoms with Crippen LogP contribution >= 0.6 is 12.4 Å². The molecule has 2 bridgehead atoms. The van der Waals surface area contributed by atoms with Crippen LogP contribution in [0.1, 0.15) is 31.2 Å². The van der Waals surface area contributed by atoms with Crippen LogP contribution in [0.2, 0.25) is 0 Å². The van der Waals surface area contributed by atoms with Crippen LogP contribution in [0.3, 0.4) is 0 Å². The normalized spacial score (nSPS) is 27.8. The van der Waals surface area contributed by atoms with Crippen LogP contribution in [-0.2, 0) is 11.3 Å². The van der Waals surface area contributed by atoms with Crippen molar-refractivity contribution in [1.29, 1.82) is 0 Å². The van der Waals surface area contributed by atoms with E-state index in [0.29, 0.717) is 0 Å². The molecule has 0 radical (unpaired) electrons. The molecule has 3 heterocycles. The van der Waals surface area contributed by atoms with Gasteiger partial charge in [-0.05, 0) is 31.4 Å². The molecule has 1 aromatic carbocycles. The Morgan fingerprint density at radius 1 is 0.885 bits per heavy atom. The Balaban J connectivity index is 0.00000196. The summed E-state index contributed by atoms with van der Waals surface area (Å²) >= 11 is 0. The molecule has 3 fully saturated rings. The van der Waals surface area contributed by atoms with E-state index in [1.807, 2.05) is 0 Å². The van der Waals surface area contributed by atoms with Gasteiger partial charge in [-0.15, -0.1) is 12.4 Å². The zero-order valence-corrected chi connectivity index (χ0v) is 16.7. The van der Waals surface area contributed by atoms with Crippen molar-refractivity contribution >= 4 is 12.4 Å². The van der Waals surface area contributed by atoms with Gasteiger partial charge in [-0.25, -0.2) is 0 Å². The lowest BCUT2D eigenvalue weighted by Gasteiger charge is -2.50. The molecule has 4 nitrogen and oxygen atoms in total. The molecule has 0 amide bonds. The molecule has 0 N–H and O–H groups in total. The van der Waals surface area contributed by atoms with E-state index < -0.39 is 0 Å². The summed E-state index contributed by atoms with van der Waals surface area (Å²) < 4.78 is 5.46. The standard InChI is InChI=1S/C21H33N3O.ClH/c1-2-6-19(7-3-1)16-23-17-20-8-4-9-21(18-23)24(20)11-5-10-22-12-14-25-15-13-22;/h1-3,6-7,20-21H,4-5,8-18H2;1H. The van der Waals surface area contributed by atoms with Gasteiger partial charge in [-0.3, -0.25) is 14.7 Å². The van der Waals surface area contributed by atoms with Crippen LogP contribution in [0.4, 0.5) is 0 Å². The van der Waals surface area contributed by atoms with E-state index in [0.717, 1.165) is 44.9 Å². The van der Waals surface area contributed by atoms with Gasteiger partial charge in [0.2, 0.25) is 0 Å². The van der Waals surface area contributed by atoms with E-state index in [-0.39, 0.29) is 12.4 Å². The van der Waals surface area contributed by atoms with Gasteiger partial charge in [0, 0.05) is 51.4 Å². The van der Waals surface area contributed by atoms with Gasteiger partial charge in [0.25, 0.3) is 0 Å². The highest BCUT2D eigenvalue weighted by atomic mass is 35.5. The van der Waals surface area contributed by atoms with Gasteiger partial charge in [-0.2, -0.15) is 0 Å². The predicted molar refractivity (Wildman–Crippen MR) is 109 cm³/mol. The summed E-state index contributed by atoms with van der Waals surface area (Å²) in [6.07, 6.45) is 5.51. The highest BCUT2D eigenvalue weighted by Gasteiger charge is 2.36. The minimum atomic E-state index is 0. The lowest BCUT2D eigenvalue weighted by atomic mass is 9.90. The number of likely N-dealkylation sites (tertiary alicyclic amines) is 1. The number of piperazine rings is 1. The third-order valence-electron chi connectivity index (χ3n) is 6.19. The predicted octanol–water partition coefficient (Wildman–Crippen LogP) is 2.87. The monoisotopic (exact) mass is 379 g/mol. The Morgan fingerprint density at radius 2 is 1.58 bits per heavy atom. The Hall–Kier alpha value is -0.650. The molecule has 1 aromatic rings. The highest BCUT2D eigenvalue weighted by Crippen LogP contribution is 2.29. The number of morpholine rings is 1. The summed E-state index contributed by atoms with van der Waals surface area (Å²) in [4.78, 5) is 8.12. The number of hydrogen-bond donors (Lipinski definition) is 0. The molecule has 0 aliphatic carbocycles.